The molecular weight excluding hydrogens is 265 g/mol. The third-order valence-corrected chi connectivity index (χ3v) is 3.20. The Morgan fingerprint density at radius 2 is 2.00 bits per heavy atom. The summed E-state index contributed by atoms with van der Waals surface area (Å²) in [7, 11) is 1.44. The normalized spacial score (nSPS) is 10.3. The van der Waals surface area contributed by atoms with E-state index in [9.17, 15) is 4.39 Å². The first-order valence-electron chi connectivity index (χ1n) is 5.92. The fourth-order valence-corrected chi connectivity index (χ4v) is 2.07. The highest BCUT2D eigenvalue weighted by molar-refractivity contribution is 6.31. The number of benzene rings is 2. The molecule has 0 atom stereocenters. The second-order valence-electron chi connectivity index (χ2n) is 4.30. The van der Waals surface area contributed by atoms with Crippen LogP contribution in [0.15, 0.2) is 36.4 Å². The van der Waals surface area contributed by atoms with E-state index in [0.29, 0.717) is 17.3 Å². The maximum absolute atomic E-state index is 13.5. The summed E-state index contributed by atoms with van der Waals surface area (Å²) in [6.07, 6.45) is 0. The van der Waals surface area contributed by atoms with Gasteiger partial charge < -0.3 is 10.1 Å². The number of anilines is 1. The van der Waals surface area contributed by atoms with E-state index in [2.05, 4.69) is 5.32 Å². The molecule has 2 aromatic carbocycles. The lowest BCUT2D eigenvalue weighted by Crippen LogP contribution is -2.01. The zero-order valence-corrected chi connectivity index (χ0v) is 11.6. The maximum atomic E-state index is 13.5. The van der Waals surface area contributed by atoms with E-state index < -0.39 is 0 Å². The molecule has 0 saturated heterocycles. The second kappa shape index (κ2) is 5.93. The van der Waals surface area contributed by atoms with Gasteiger partial charge in [0, 0.05) is 23.3 Å². The molecular formula is C15H15ClFNO. The van der Waals surface area contributed by atoms with Crippen molar-refractivity contribution in [1.29, 1.82) is 0 Å². The predicted molar refractivity (Wildman–Crippen MR) is 76.5 cm³/mol. The Hall–Kier alpha value is -1.74. The van der Waals surface area contributed by atoms with E-state index in [0.717, 1.165) is 11.1 Å². The molecule has 0 amide bonds. The van der Waals surface area contributed by atoms with E-state index in [1.54, 1.807) is 12.1 Å². The molecule has 0 heterocycles. The number of hydrogen-bond acceptors (Lipinski definition) is 2. The Morgan fingerprint density at radius 1 is 1.21 bits per heavy atom. The fourth-order valence-electron chi connectivity index (χ4n) is 1.77. The monoisotopic (exact) mass is 279 g/mol. The Bertz CT molecular complexity index is 586. The number of aryl methyl sites for hydroxylation is 1. The maximum Gasteiger partial charge on any atom is 0.167 e. The molecule has 2 rings (SSSR count). The highest BCUT2D eigenvalue weighted by atomic mass is 35.5. The Labute approximate surface area is 117 Å². The summed E-state index contributed by atoms with van der Waals surface area (Å²) in [5, 5.41) is 3.84. The minimum atomic E-state index is -0.387. The molecule has 0 unspecified atom stereocenters. The van der Waals surface area contributed by atoms with Gasteiger partial charge in [0.2, 0.25) is 0 Å². The smallest absolute Gasteiger partial charge is 0.167 e. The summed E-state index contributed by atoms with van der Waals surface area (Å²) in [6, 6.07) is 10.6. The third kappa shape index (κ3) is 3.38. The van der Waals surface area contributed by atoms with Crippen molar-refractivity contribution in [3.63, 3.8) is 0 Å². The van der Waals surface area contributed by atoms with E-state index in [4.69, 9.17) is 16.3 Å². The lowest BCUT2D eigenvalue weighted by Gasteiger charge is -2.10. The van der Waals surface area contributed by atoms with Gasteiger partial charge in [0.1, 0.15) is 0 Å². The zero-order valence-electron chi connectivity index (χ0n) is 10.8. The van der Waals surface area contributed by atoms with E-state index in [-0.39, 0.29) is 11.6 Å². The topological polar surface area (TPSA) is 21.3 Å². The average molecular weight is 280 g/mol. The van der Waals surface area contributed by atoms with Crippen LogP contribution >= 0.6 is 11.6 Å². The molecule has 0 bridgehead atoms. The summed E-state index contributed by atoms with van der Waals surface area (Å²) >= 11 is 6.14. The third-order valence-electron chi connectivity index (χ3n) is 2.84. The molecule has 0 fully saturated rings. The molecule has 0 spiro atoms. The summed E-state index contributed by atoms with van der Waals surface area (Å²) in [5.41, 5.74) is 2.78. The van der Waals surface area contributed by atoms with Crippen molar-refractivity contribution < 1.29 is 9.13 Å². The largest absolute Gasteiger partial charge is 0.494 e. The first kappa shape index (κ1) is 13.7. The molecule has 0 aliphatic heterocycles. The molecule has 0 saturated carbocycles. The van der Waals surface area contributed by atoms with Gasteiger partial charge in [-0.1, -0.05) is 23.7 Å². The lowest BCUT2D eigenvalue weighted by molar-refractivity contribution is 0.386. The van der Waals surface area contributed by atoms with Crippen LogP contribution in [0.5, 0.6) is 5.75 Å². The molecule has 4 heteroatoms. The van der Waals surface area contributed by atoms with Gasteiger partial charge in [-0.25, -0.2) is 4.39 Å². The van der Waals surface area contributed by atoms with Gasteiger partial charge in [-0.3, -0.25) is 0 Å². The van der Waals surface area contributed by atoms with Crippen molar-refractivity contribution in [2.24, 2.45) is 0 Å². The van der Waals surface area contributed by atoms with Crippen LogP contribution in [0.4, 0.5) is 10.1 Å². The Morgan fingerprint density at radius 3 is 2.63 bits per heavy atom. The van der Waals surface area contributed by atoms with Gasteiger partial charge in [-0.2, -0.15) is 0 Å². The Balaban J connectivity index is 2.08. The summed E-state index contributed by atoms with van der Waals surface area (Å²) in [6.45, 7) is 2.53. The van der Waals surface area contributed by atoms with Crippen LogP contribution in [-0.4, -0.2) is 7.11 Å². The highest BCUT2D eigenvalue weighted by Gasteiger charge is 2.04. The number of ether oxygens (including phenoxy) is 1. The average Bonchev–Trinajstić information content (AvgIpc) is 2.38. The number of rotatable bonds is 4. The first-order chi connectivity index (χ1) is 9.10. The van der Waals surface area contributed by atoms with E-state index in [1.807, 2.05) is 25.1 Å². The molecule has 1 N–H and O–H groups in total. The molecule has 0 aliphatic carbocycles. The lowest BCUT2D eigenvalue weighted by atomic mass is 10.1. The number of nitrogens with one attached hydrogen (secondary N) is 1. The summed E-state index contributed by atoms with van der Waals surface area (Å²) in [5.74, 6) is -0.151. The van der Waals surface area contributed by atoms with E-state index >= 15 is 0 Å². The molecule has 2 aromatic rings. The summed E-state index contributed by atoms with van der Waals surface area (Å²) in [4.78, 5) is 0. The van der Waals surface area contributed by atoms with Gasteiger partial charge in [-0.05, 0) is 36.2 Å². The SMILES string of the molecule is COc1ccc(NCc2ccc(C)cc2Cl)cc1F. The van der Waals surface area contributed by atoms with Gasteiger partial charge in [-0.15, -0.1) is 0 Å². The molecule has 0 aromatic heterocycles. The molecule has 19 heavy (non-hydrogen) atoms. The van der Waals surface area contributed by atoms with Crippen molar-refractivity contribution in [2.45, 2.75) is 13.5 Å². The van der Waals surface area contributed by atoms with Crippen molar-refractivity contribution in [3.8, 4) is 5.75 Å². The minimum absolute atomic E-state index is 0.235. The van der Waals surface area contributed by atoms with Crippen LogP contribution in [0.2, 0.25) is 5.02 Å². The summed E-state index contributed by atoms with van der Waals surface area (Å²) < 4.78 is 18.4. The standard InChI is InChI=1S/C15H15ClFNO/c1-10-3-4-11(13(16)7-10)9-18-12-5-6-15(19-2)14(17)8-12/h3-8,18H,9H2,1-2H3. The van der Waals surface area contributed by atoms with E-state index in [1.165, 1.54) is 13.2 Å². The highest BCUT2D eigenvalue weighted by Crippen LogP contribution is 2.22. The quantitative estimate of drug-likeness (QED) is 0.895. The van der Waals surface area contributed by atoms with Gasteiger partial charge in [0.15, 0.2) is 11.6 Å². The zero-order chi connectivity index (χ0) is 13.8. The molecule has 100 valence electrons. The molecule has 2 nitrogen and oxygen atoms in total. The van der Waals surface area contributed by atoms with Crippen LogP contribution in [0.1, 0.15) is 11.1 Å². The van der Waals surface area contributed by atoms with Gasteiger partial charge in [0.05, 0.1) is 7.11 Å². The first-order valence-corrected chi connectivity index (χ1v) is 6.30. The van der Waals surface area contributed by atoms with Gasteiger partial charge >= 0.3 is 0 Å². The van der Waals surface area contributed by atoms with Crippen molar-refractivity contribution in [2.75, 3.05) is 12.4 Å². The molecule has 0 aliphatic rings. The second-order valence-corrected chi connectivity index (χ2v) is 4.70. The van der Waals surface area contributed by atoms with Crippen molar-refractivity contribution in [1.82, 2.24) is 0 Å². The van der Waals surface area contributed by atoms with Crippen LogP contribution in [0, 0.1) is 12.7 Å². The van der Waals surface area contributed by atoms with Crippen LogP contribution < -0.4 is 10.1 Å². The van der Waals surface area contributed by atoms with Crippen molar-refractivity contribution in [3.05, 3.63) is 58.4 Å². The number of halogens is 2. The Kier molecular flexibility index (Phi) is 4.27. The van der Waals surface area contributed by atoms with Crippen molar-refractivity contribution >= 4 is 17.3 Å². The number of hydrogen-bond donors (Lipinski definition) is 1. The minimum Gasteiger partial charge on any atom is -0.494 e. The number of methoxy groups -OCH3 is 1. The van der Waals surface area contributed by atoms with Crippen LogP contribution in [0.25, 0.3) is 0 Å². The van der Waals surface area contributed by atoms with Gasteiger partial charge in [0.25, 0.3) is 0 Å². The van der Waals surface area contributed by atoms with Crippen LogP contribution in [-0.2, 0) is 6.54 Å². The molecule has 0 radical (unpaired) electrons. The van der Waals surface area contributed by atoms with Crippen LogP contribution in [0.3, 0.4) is 0 Å². The predicted octanol–water partition coefficient (Wildman–Crippen LogP) is 4.41. The fraction of sp³-hybridized carbons (Fsp3) is 0.200.